The lowest BCUT2D eigenvalue weighted by molar-refractivity contribution is -0.160. The summed E-state index contributed by atoms with van der Waals surface area (Å²) in [4.78, 5) is 43.3. The van der Waals surface area contributed by atoms with Gasteiger partial charge in [-0.05, 0) is 38.3 Å². The number of nitrogens with zero attached hydrogens (tertiary/aromatic N) is 5. The summed E-state index contributed by atoms with van der Waals surface area (Å²) in [5, 5.41) is 28.4. The zero-order valence-corrected chi connectivity index (χ0v) is 20.6. The van der Waals surface area contributed by atoms with Crippen LogP contribution in [0.2, 0.25) is 0 Å². The zero-order chi connectivity index (χ0) is 26.0. The van der Waals surface area contributed by atoms with Crippen LogP contribution in [0.15, 0.2) is 36.9 Å². The van der Waals surface area contributed by atoms with Crippen LogP contribution in [-0.2, 0) is 25.8 Å². The quantitative estimate of drug-likeness (QED) is 0.513. The molecule has 3 saturated heterocycles. The third-order valence-corrected chi connectivity index (χ3v) is 8.38. The molecule has 0 aliphatic carbocycles. The predicted octanol–water partition coefficient (Wildman–Crippen LogP) is 0.880. The number of para-hydroxylation sites is 1. The summed E-state index contributed by atoms with van der Waals surface area (Å²) >= 11 is 0. The van der Waals surface area contributed by atoms with Gasteiger partial charge in [0.15, 0.2) is 0 Å². The minimum Gasteiger partial charge on any atom is -0.481 e. The highest BCUT2D eigenvalue weighted by Gasteiger charge is 2.80. The van der Waals surface area contributed by atoms with Crippen molar-refractivity contribution < 1.29 is 29.3 Å². The molecule has 2 bridgehead atoms. The van der Waals surface area contributed by atoms with Crippen molar-refractivity contribution in [3.63, 3.8) is 0 Å². The van der Waals surface area contributed by atoms with Gasteiger partial charge in [0.05, 0.1) is 29.7 Å². The van der Waals surface area contributed by atoms with Gasteiger partial charge in [-0.2, -0.15) is 0 Å². The standard InChI is InChI=1S/C25H31N5O6/c1-5-10-28(13-29-17-9-7-6-8-16(17)26-27-29)22(33)20-25-11-14(2)24(4,36-25)19(23(34)35)18(25)21(32)30(20)15(3)12-31/h5-9,14-15,18-20,31H,1,10-13H2,2-4H3,(H,34,35)/t14?,15-,18+,19+,20?,24-,25?/m1/s1. The van der Waals surface area contributed by atoms with Crippen LogP contribution in [0, 0.1) is 17.8 Å². The van der Waals surface area contributed by atoms with Gasteiger partial charge >= 0.3 is 5.97 Å². The molecule has 36 heavy (non-hydrogen) atoms. The average Bonchev–Trinajstić information content (AvgIpc) is 3.51. The highest BCUT2D eigenvalue weighted by Crippen LogP contribution is 2.65. The fourth-order valence-corrected chi connectivity index (χ4v) is 6.62. The lowest BCUT2D eigenvalue weighted by Crippen LogP contribution is -2.58. The van der Waals surface area contributed by atoms with Gasteiger partial charge in [0.25, 0.3) is 0 Å². The molecule has 0 saturated carbocycles. The van der Waals surface area contributed by atoms with Crippen LogP contribution in [0.4, 0.5) is 0 Å². The van der Waals surface area contributed by atoms with E-state index < -0.39 is 52.9 Å². The second-order valence-corrected chi connectivity index (χ2v) is 10.4. The number of aliphatic carboxylic acids is 1. The molecule has 2 amide bonds. The Morgan fingerprint density at radius 3 is 2.78 bits per heavy atom. The second-order valence-electron chi connectivity index (χ2n) is 10.4. The third-order valence-electron chi connectivity index (χ3n) is 8.38. The number of fused-ring (bicyclic) bond motifs is 2. The van der Waals surface area contributed by atoms with Crippen molar-refractivity contribution >= 4 is 28.8 Å². The molecule has 1 aromatic heterocycles. The van der Waals surface area contributed by atoms with Crippen LogP contribution in [0.5, 0.6) is 0 Å². The molecule has 2 aromatic rings. The van der Waals surface area contributed by atoms with E-state index in [-0.39, 0.29) is 25.7 Å². The zero-order valence-electron chi connectivity index (χ0n) is 20.6. The monoisotopic (exact) mass is 497 g/mol. The number of carbonyl (C=O) groups is 3. The van der Waals surface area contributed by atoms with E-state index in [0.29, 0.717) is 11.9 Å². The molecular weight excluding hydrogens is 466 g/mol. The smallest absolute Gasteiger partial charge is 0.310 e. The summed E-state index contributed by atoms with van der Waals surface area (Å²) < 4.78 is 8.08. The average molecular weight is 498 g/mol. The molecule has 4 heterocycles. The SMILES string of the molecule is C=CCN(Cn1nnc2ccccc21)C(=O)C1N([C@H](C)CO)C(=O)[C@@H]2[C@@H](C(=O)O)[C@]3(C)OC12CC3C. The normalized spacial score (nSPS) is 33.7. The maximum absolute atomic E-state index is 14.3. The number of hydrogen-bond acceptors (Lipinski definition) is 7. The first-order chi connectivity index (χ1) is 17.1. The number of carboxylic acid groups (broad SMARTS) is 1. The van der Waals surface area contributed by atoms with E-state index in [4.69, 9.17) is 4.74 Å². The second kappa shape index (κ2) is 8.38. The lowest BCUT2D eigenvalue weighted by atomic mass is 9.62. The Balaban J connectivity index is 1.59. The number of likely N-dealkylation sites (tertiary alicyclic amines) is 1. The van der Waals surface area contributed by atoms with E-state index in [2.05, 4.69) is 16.9 Å². The van der Waals surface area contributed by atoms with Gasteiger partial charge in [0.1, 0.15) is 29.7 Å². The van der Waals surface area contributed by atoms with Crippen LogP contribution in [0.3, 0.4) is 0 Å². The van der Waals surface area contributed by atoms with Gasteiger partial charge < -0.3 is 24.7 Å². The third kappa shape index (κ3) is 3.15. The van der Waals surface area contributed by atoms with E-state index in [1.807, 2.05) is 31.2 Å². The summed E-state index contributed by atoms with van der Waals surface area (Å²) in [7, 11) is 0. The maximum Gasteiger partial charge on any atom is 0.310 e. The Kier molecular flexibility index (Phi) is 5.68. The predicted molar refractivity (Wildman–Crippen MR) is 127 cm³/mol. The molecule has 1 aromatic carbocycles. The number of benzene rings is 1. The van der Waals surface area contributed by atoms with Crippen LogP contribution in [0.25, 0.3) is 11.0 Å². The number of rotatable bonds is 8. The van der Waals surface area contributed by atoms with E-state index in [1.165, 1.54) is 9.80 Å². The van der Waals surface area contributed by atoms with Crippen molar-refractivity contribution in [2.45, 2.75) is 57.1 Å². The van der Waals surface area contributed by atoms with Gasteiger partial charge in [0.2, 0.25) is 11.8 Å². The minimum absolute atomic E-state index is 0.0489. The van der Waals surface area contributed by atoms with Crippen molar-refractivity contribution in [2.24, 2.45) is 17.8 Å². The lowest BCUT2D eigenvalue weighted by Gasteiger charge is -2.38. The maximum atomic E-state index is 14.3. The molecule has 11 nitrogen and oxygen atoms in total. The number of ether oxygens (including phenoxy) is 1. The van der Waals surface area contributed by atoms with Crippen LogP contribution in [0.1, 0.15) is 27.2 Å². The van der Waals surface area contributed by atoms with Crippen LogP contribution < -0.4 is 0 Å². The number of hydrogen-bond donors (Lipinski definition) is 2. The molecule has 3 unspecified atom stereocenters. The molecule has 3 aliphatic heterocycles. The molecule has 5 rings (SSSR count). The van der Waals surface area contributed by atoms with Crippen molar-refractivity contribution in [3.8, 4) is 0 Å². The fraction of sp³-hybridized carbons (Fsp3) is 0.560. The van der Waals surface area contributed by atoms with Gasteiger partial charge in [-0.3, -0.25) is 14.4 Å². The number of aliphatic hydroxyl groups is 1. The van der Waals surface area contributed by atoms with E-state index in [1.54, 1.807) is 24.6 Å². The van der Waals surface area contributed by atoms with Crippen LogP contribution >= 0.6 is 0 Å². The first-order valence-corrected chi connectivity index (χ1v) is 12.1. The Morgan fingerprint density at radius 1 is 1.39 bits per heavy atom. The Bertz CT molecular complexity index is 1250. The number of amides is 2. The molecule has 3 fully saturated rings. The van der Waals surface area contributed by atoms with Gasteiger partial charge in [-0.1, -0.05) is 30.3 Å². The Hall–Kier alpha value is -3.31. The van der Waals surface area contributed by atoms with E-state index in [9.17, 15) is 24.6 Å². The van der Waals surface area contributed by atoms with Crippen molar-refractivity contribution in [1.29, 1.82) is 0 Å². The molecular formula is C25H31N5O6. The number of carboxylic acids is 1. The Labute approximate surface area is 208 Å². The molecule has 2 N–H and O–H groups in total. The summed E-state index contributed by atoms with van der Waals surface area (Å²) in [6.45, 7) is 8.89. The van der Waals surface area contributed by atoms with E-state index in [0.717, 1.165) is 5.52 Å². The van der Waals surface area contributed by atoms with Crippen LogP contribution in [-0.4, -0.2) is 89.2 Å². The molecule has 11 heteroatoms. The number of aromatic nitrogens is 3. The summed E-state index contributed by atoms with van der Waals surface area (Å²) in [5.41, 5.74) is -0.968. The first-order valence-electron chi connectivity index (χ1n) is 12.1. The van der Waals surface area contributed by atoms with Gasteiger partial charge in [-0.15, -0.1) is 11.7 Å². The van der Waals surface area contributed by atoms with Gasteiger partial charge in [0, 0.05) is 6.54 Å². The molecule has 3 aliphatic rings. The van der Waals surface area contributed by atoms with Crippen molar-refractivity contribution in [3.05, 3.63) is 36.9 Å². The number of aliphatic hydroxyl groups excluding tert-OH is 1. The fourth-order valence-electron chi connectivity index (χ4n) is 6.62. The summed E-state index contributed by atoms with van der Waals surface area (Å²) in [6, 6.07) is 5.57. The topological polar surface area (TPSA) is 138 Å². The molecule has 0 radical (unpaired) electrons. The molecule has 1 spiro atoms. The summed E-state index contributed by atoms with van der Waals surface area (Å²) in [6.07, 6.45) is 1.95. The van der Waals surface area contributed by atoms with Gasteiger partial charge in [-0.25, -0.2) is 4.68 Å². The van der Waals surface area contributed by atoms with Crippen molar-refractivity contribution in [2.75, 3.05) is 13.2 Å². The molecule has 7 atom stereocenters. The largest absolute Gasteiger partial charge is 0.481 e. The first kappa shape index (κ1) is 24.4. The summed E-state index contributed by atoms with van der Waals surface area (Å²) in [5.74, 6) is -4.29. The number of carbonyl (C=O) groups excluding carboxylic acids is 2. The minimum atomic E-state index is -1.31. The highest BCUT2D eigenvalue weighted by atomic mass is 16.5. The Morgan fingerprint density at radius 2 is 2.11 bits per heavy atom. The highest BCUT2D eigenvalue weighted by molar-refractivity contribution is 5.98. The molecule has 192 valence electrons. The van der Waals surface area contributed by atoms with E-state index >= 15 is 0 Å². The van der Waals surface area contributed by atoms with Crippen molar-refractivity contribution in [1.82, 2.24) is 24.8 Å².